The fraction of sp³-hybridized carbons (Fsp3) is 0.476. The monoisotopic (exact) mass is 973 g/mol. The molecule has 0 radical (unpaired) electrons. The van der Waals surface area contributed by atoms with E-state index in [2.05, 4.69) is 0 Å². The molecule has 64 heavy (non-hydrogen) atoms. The Labute approximate surface area is 375 Å². The van der Waals surface area contributed by atoms with Gasteiger partial charge in [-0.15, -0.1) is 0 Å². The minimum Gasteiger partial charge on any atom is -0.481 e. The molecule has 2 atom stereocenters. The third kappa shape index (κ3) is 14.2. The van der Waals surface area contributed by atoms with E-state index in [1.54, 1.807) is 54.7 Å². The second-order valence-electron chi connectivity index (χ2n) is 15.9. The largest absolute Gasteiger partial charge is 0.481 e. The van der Waals surface area contributed by atoms with Gasteiger partial charge in [-0.1, -0.05) is 30.4 Å². The number of fused-ring (bicyclic) bond motifs is 2. The highest BCUT2D eigenvalue weighted by Crippen LogP contribution is 2.51. The Bertz CT molecular complexity index is 2640. The lowest BCUT2D eigenvalue weighted by Crippen LogP contribution is -2.32. The first kappa shape index (κ1) is 52.5. The predicted molar refractivity (Wildman–Crippen MR) is 240 cm³/mol. The molecule has 354 valence electrons. The molecule has 0 saturated heterocycles. The summed E-state index contributed by atoms with van der Waals surface area (Å²) in [5, 5.41) is 9.11. The number of carbonyl (C=O) groups is 1. The molecule has 0 bridgehead atoms. The summed E-state index contributed by atoms with van der Waals surface area (Å²) in [5.41, 5.74) is 1.56. The fourth-order valence-electron chi connectivity index (χ4n) is 8.22. The predicted octanol–water partition coefficient (Wildman–Crippen LogP) is 5.51. The Morgan fingerprint density at radius 2 is 1.28 bits per heavy atom. The quantitative estimate of drug-likeness (QED) is 0.0336. The number of unbranched alkanes of at least 4 members (excludes halogenated alkanes) is 2. The lowest BCUT2D eigenvalue weighted by molar-refractivity contribution is -0.438. The van der Waals surface area contributed by atoms with Crippen LogP contribution >= 0.6 is 0 Å². The summed E-state index contributed by atoms with van der Waals surface area (Å²) < 4.78 is 147. The van der Waals surface area contributed by atoms with Gasteiger partial charge in [-0.2, -0.15) is 38.2 Å². The second kappa shape index (κ2) is 21.9. The zero-order valence-electron chi connectivity index (χ0n) is 35.9. The van der Waals surface area contributed by atoms with Crippen LogP contribution in [-0.2, 0) is 65.6 Å². The first-order chi connectivity index (χ1) is 29.8. The van der Waals surface area contributed by atoms with Crippen LogP contribution in [0.4, 0.5) is 11.4 Å². The van der Waals surface area contributed by atoms with Crippen LogP contribution in [0.25, 0.3) is 0 Å². The van der Waals surface area contributed by atoms with E-state index in [1.165, 1.54) is 31.4 Å². The van der Waals surface area contributed by atoms with Gasteiger partial charge in [0.05, 0.1) is 46.5 Å². The number of methoxy groups -OCH3 is 1. The maximum Gasteiger partial charge on any atom is 0.303 e. The third-order valence-corrected chi connectivity index (χ3v) is 14.6. The first-order valence-electron chi connectivity index (χ1n) is 20.4. The maximum absolute atomic E-state index is 12.2. The molecule has 4 rings (SSSR count). The van der Waals surface area contributed by atoms with Crippen molar-refractivity contribution in [3.63, 3.8) is 0 Å². The minimum absolute atomic E-state index is 0.00787. The number of hydrogen-bond donors (Lipinski definition) is 5. The zero-order valence-corrected chi connectivity index (χ0v) is 39.1. The van der Waals surface area contributed by atoms with Crippen LogP contribution in [0.2, 0.25) is 0 Å². The smallest absolute Gasteiger partial charge is 0.303 e. The lowest BCUT2D eigenvalue weighted by atomic mass is 9.76. The molecular formula is C42H57N2O16S4+. The summed E-state index contributed by atoms with van der Waals surface area (Å²) in [4.78, 5) is 12.3. The van der Waals surface area contributed by atoms with E-state index < -0.39 is 68.8 Å². The molecular weight excluding hydrogens is 917 g/mol. The highest BCUT2D eigenvalue weighted by molar-refractivity contribution is 7.86. The van der Waals surface area contributed by atoms with Gasteiger partial charge in [-0.05, 0) is 94.3 Å². The molecule has 0 spiro atoms. The molecule has 22 heteroatoms. The number of rotatable bonds is 26. The average molecular weight is 974 g/mol. The molecule has 0 fully saturated rings. The number of benzene rings is 2. The van der Waals surface area contributed by atoms with E-state index in [9.17, 15) is 56.7 Å². The lowest BCUT2D eigenvalue weighted by Gasteiger charge is -2.30. The van der Waals surface area contributed by atoms with Crippen molar-refractivity contribution in [3.8, 4) is 0 Å². The number of ether oxygens (including phenoxy) is 2. The fourth-order valence-corrected chi connectivity index (χ4v) is 10.2. The van der Waals surface area contributed by atoms with Gasteiger partial charge in [0.25, 0.3) is 40.5 Å². The molecule has 0 amide bonds. The summed E-state index contributed by atoms with van der Waals surface area (Å²) in [6.45, 7) is 5.23. The molecule has 2 aromatic carbocycles. The third-order valence-electron chi connectivity index (χ3n) is 11.3. The van der Waals surface area contributed by atoms with Crippen molar-refractivity contribution in [1.82, 2.24) is 0 Å². The molecule has 0 aliphatic carbocycles. The van der Waals surface area contributed by atoms with Gasteiger partial charge in [0.2, 0.25) is 5.69 Å². The molecule has 2 unspecified atom stereocenters. The molecule has 18 nitrogen and oxygen atoms in total. The minimum atomic E-state index is -4.62. The Kier molecular flexibility index (Phi) is 18.0. The van der Waals surface area contributed by atoms with Crippen molar-refractivity contribution in [2.24, 2.45) is 0 Å². The van der Waals surface area contributed by atoms with Crippen LogP contribution in [0, 0.1) is 0 Å². The van der Waals surface area contributed by atoms with Crippen LogP contribution in [0.1, 0.15) is 76.3 Å². The number of nitrogens with zero attached hydrogens (tertiary/aromatic N) is 2. The topological polar surface area (TPSA) is 279 Å². The van der Waals surface area contributed by atoms with Crippen LogP contribution in [0.5, 0.6) is 0 Å². The van der Waals surface area contributed by atoms with Crippen molar-refractivity contribution in [2.45, 2.75) is 85.8 Å². The van der Waals surface area contributed by atoms with Gasteiger partial charge in [0.1, 0.15) is 6.54 Å². The average Bonchev–Trinajstić information content (AvgIpc) is 3.55. The molecule has 2 aromatic rings. The first-order valence-corrected chi connectivity index (χ1v) is 26.5. The highest BCUT2D eigenvalue weighted by Gasteiger charge is 2.48. The Balaban J connectivity index is 1.74. The highest BCUT2D eigenvalue weighted by atomic mass is 32.2. The molecule has 2 aliphatic rings. The van der Waals surface area contributed by atoms with Crippen LogP contribution in [-0.4, -0.2) is 125 Å². The van der Waals surface area contributed by atoms with Gasteiger partial charge in [-0.3, -0.25) is 23.0 Å². The molecule has 5 N–H and O–H groups in total. The second-order valence-corrected chi connectivity index (χ2v) is 21.9. The van der Waals surface area contributed by atoms with Crippen LogP contribution < -0.4 is 4.90 Å². The van der Waals surface area contributed by atoms with Crippen molar-refractivity contribution in [2.75, 3.05) is 56.4 Å². The Morgan fingerprint density at radius 3 is 1.88 bits per heavy atom. The number of carboxylic acid groups (broad SMARTS) is 1. The van der Waals surface area contributed by atoms with Crippen LogP contribution in [0.15, 0.2) is 94.4 Å². The molecule has 0 aromatic heterocycles. The number of anilines is 1. The van der Waals surface area contributed by atoms with Crippen molar-refractivity contribution in [3.05, 3.63) is 95.8 Å². The summed E-state index contributed by atoms with van der Waals surface area (Å²) in [6, 6.07) is 8.35. The normalized spacial score (nSPS) is 20.1. The summed E-state index contributed by atoms with van der Waals surface area (Å²) >= 11 is 0. The van der Waals surface area contributed by atoms with E-state index in [1.807, 2.05) is 23.3 Å². The Hall–Kier alpha value is -4.10. The van der Waals surface area contributed by atoms with E-state index >= 15 is 0 Å². The van der Waals surface area contributed by atoms with E-state index in [-0.39, 0.29) is 48.5 Å². The SMILES string of the molecule is COCCOCCN1/C(=C/C=C/C=C/C=C/C2=[N+](CCCCCC(=O)O)c3ccc(S(=O)(=O)O)cc3C2(C)CCCS(=O)(=O)O)C(C)(CCCS(=O)(=O)O)c2cc(S(=O)(=O)O)ccc21. The van der Waals surface area contributed by atoms with Gasteiger partial charge < -0.3 is 19.5 Å². The molecule has 0 saturated carbocycles. The number of allylic oxidation sites excluding steroid dienone is 8. The zero-order chi connectivity index (χ0) is 47.6. The summed E-state index contributed by atoms with van der Waals surface area (Å²) in [5.74, 6) is -2.01. The van der Waals surface area contributed by atoms with E-state index in [0.717, 1.165) is 0 Å². The van der Waals surface area contributed by atoms with Gasteiger partial charge in [-0.25, -0.2) is 0 Å². The van der Waals surface area contributed by atoms with Gasteiger partial charge in [0.15, 0.2) is 5.71 Å². The molecule has 2 aliphatic heterocycles. The molecule has 2 heterocycles. The van der Waals surface area contributed by atoms with Gasteiger partial charge in [0, 0.05) is 61.0 Å². The Morgan fingerprint density at radius 1 is 0.703 bits per heavy atom. The van der Waals surface area contributed by atoms with Gasteiger partial charge >= 0.3 is 5.97 Å². The van der Waals surface area contributed by atoms with Crippen molar-refractivity contribution in [1.29, 1.82) is 0 Å². The summed E-state index contributed by atoms with van der Waals surface area (Å²) in [7, 11) is -16.3. The van der Waals surface area contributed by atoms with Crippen LogP contribution in [0.3, 0.4) is 0 Å². The van der Waals surface area contributed by atoms with Crippen molar-refractivity contribution >= 4 is 63.5 Å². The van der Waals surface area contributed by atoms with Crippen molar-refractivity contribution < 1.29 is 75.8 Å². The number of carboxylic acids is 1. The standard InChI is InChI=1S/C42H56N2O16S4/c1-41(21-12-28-61(47,48)49)34-30-32(63(53,54)55)17-19-36(34)43(23-11-7-10-16-40(45)46)38(41)14-8-5-4-6-9-15-39-42(2,22-13-29-62(50,51)52)35-31-33(64(56,57)58)18-20-37(35)44(39)24-25-60-27-26-59-3/h4-6,8-9,14-15,17-20,30-31H,7,10-13,16,21-29H2,1-3H3,(H4-,45,46,47,48,49,50,51,52,53,54,55,56,57,58)/p+1. The summed E-state index contributed by atoms with van der Waals surface area (Å²) in [6.07, 6.45) is 14.1. The van der Waals surface area contributed by atoms with E-state index in [4.69, 9.17) is 14.6 Å². The van der Waals surface area contributed by atoms with E-state index in [0.29, 0.717) is 79.5 Å². The number of aliphatic carboxylic acids is 1. The maximum atomic E-state index is 12.2. The number of hydrogen-bond acceptors (Lipinski definition) is 12.